The van der Waals surface area contributed by atoms with Gasteiger partial charge < -0.3 is 18.9 Å². The van der Waals surface area contributed by atoms with Crippen molar-refractivity contribution in [3.05, 3.63) is 50.6 Å². The highest BCUT2D eigenvalue weighted by molar-refractivity contribution is 5.82. The Bertz CT molecular complexity index is 1230. The Morgan fingerprint density at radius 2 is 0.945 bits per heavy atom. The lowest BCUT2D eigenvalue weighted by Crippen LogP contribution is -2.38. The van der Waals surface area contributed by atoms with Crippen molar-refractivity contribution in [3.8, 4) is 0 Å². The van der Waals surface area contributed by atoms with Gasteiger partial charge in [-0.2, -0.15) is 0 Å². The second-order valence-electron chi connectivity index (χ2n) is 17.6. The second-order valence-corrected chi connectivity index (χ2v) is 17.6. The molecule has 0 saturated heterocycles. The van der Waals surface area contributed by atoms with Crippen LogP contribution in [0, 0.1) is 64.1 Å². The Kier molecular flexibility index (Phi) is 18.5. The highest BCUT2D eigenvalue weighted by Gasteiger charge is 2.62. The van der Waals surface area contributed by atoms with E-state index in [2.05, 4.69) is 61.3 Å². The molecule has 8 fully saturated rings. The summed E-state index contributed by atoms with van der Waals surface area (Å²) >= 11 is 0. The monoisotopic (exact) mass is 767 g/mol. The summed E-state index contributed by atoms with van der Waals surface area (Å²) in [5.74, 6) is 8.93. The third-order valence-corrected chi connectivity index (χ3v) is 15.1. The molecule has 0 N–H and O–H groups in total. The lowest BCUT2D eigenvalue weighted by atomic mass is 9.70. The molecule has 0 aliphatic heterocycles. The number of hydrogen-bond acceptors (Lipinski definition) is 8. The van der Waals surface area contributed by atoms with E-state index in [1.165, 1.54) is 73.4 Å². The van der Waals surface area contributed by atoms with Crippen molar-refractivity contribution in [2.24, 2.45) is 64.1 Å². The molecule has 11 atom stereocenters. The molecule has 8 saturated carbocycles. The maximum absolute atomic E-state index is 11.3. The minimum atomic E-state index is -0.394. The Morgan fingerprint density at radius 3 is 1.18 bits per heavy atom. The summed E-state index contributed by atoms with van der Waals surface area (Å²) in [4.78, 5) is 41.2. The molecule has 6 bridgehead atoms. The molecule has 8 nitrogen and oxygen atoms in total. The zero-order valence-corrected chi connectivity index (χ0v) is 35.2. The average molecular weight is 767 g/mol. The third kappa shape index (κ3) is 11.7. The lowest BCUT2D eigenvalue weighted by molar-refractivity contribution is -0.150. The number of carbonyl (C=O) groups excluding carboxylic acids is 4. The van der Waals surface area contributed by atoms with Crippen LogP contribution in [0.1, 0.15) is 131 Å². The first kappa shape index (κ1) is 46.2. The first-order valence-electron chi connectivity index (χ1n) is 21.4. The van der Waals surface area contributed by atoms with Crippen molar-refractivity contribution in [3.63, 3.8) is 0 Å². The van der Waals surface area contributed by atoms with Gasteiger partial charge in [-0.25, -0.2) is 19.2 Å². The van der Waals surface area contributed by atoms with Gasteiger partial charge in [0.2, 0.25) is 0 Å². The molecule has 8 rings (SSSR count). The van der Waals surface area contributed by atoms with Crippen molar-refractivity contribution >= 4 is 23.9 Å². The van der Waals surface area contributed by atoms with Gasteiger partial charge in [-0.15, -0.1) is 0 Å². The predicted molar refractivity (Wildman–Crippen MR) is 219 cm³/mol. The van der Waals surface area contributed by atoms with Gasteiger partial charge in [0.05, 0.1) is 20.3 Å². The smallest absolute Gasteiger partial charge is 0.330 e. The summed E-state index contributed by atoms with van der Waals surface area (Å²) in [5.41, 5.74) is 0.468. The van der Waals surface area contributed by atoms with E-state index in [-0.39, 0.29) is 29.4 Å². The molecular formula is C47H74O8. The average Bonchev–Trinajstić information content (AvgIpc) is 4.05. The van der Waals surface area contributed by atoms with E-state index >= 15 is 0 Å². The lowest BCUT2D eigenvalue weighted by Gasteiger charge is -2.38. The standard InChI is InChI=1S/C13H20O2.2C10H16.2C5H8O2.C4H6O2/c1-5-11(14)15-10-8-9-6-7-13(10,4)12(9,2)3;2*1-2-9-7-4-5-8(6-7)10(9)3-1;2*1-3-5(6)7-4-2;1-3-4(5)6-2/h5,9-10H,1,6-8H2,2-4H3;2*7-10H,1-6H2;2*3H,1,4H2,2H3;3H,1H2,2H3. The molecule has 0 radical (unpaired) electrons. The molecular weight excluding hydrogens is 693 g/mol. The van der Waals surface area contributed by atoms with Crippen molar-refractivity contribution in [1.82, 2.24) is 0 Å². The zero-order valence-electron chi connectivity index (χ0n) is 35.2. The van der Waals surface area contributed by atoms with E-state index in [9.17, 15) is 19.2 Å². The molecule has 0 aromatic carbocycles. The summed E-state index contributed by atoms with van der Waals surface area (Å²) < 4.78 is 18.5. The second kappa shape index (κ2) is 22.0. The van der Waals surface area contributed by atoms with Crippen LogP contribution in [0.25, 0.3) is 0 Å². The van der Waals surface area contributed by atoms with Crippen LogP contribution in [0.15, 0.2) is 50.6 Å². The van der Waals surface area contributed by atoms with E-state index in [1.807, 2.05) is 0 Å². The molecule has 8 aliphatic rings. The van der Waals surface area contributed by atoms with Gasteiger partial charge in [0.1, 0.15) is 6.10 Å². The number of rotatable bonds is 7. The minimum Gasteiger partial charge on any atom is -0.466 e. The van der Waals surface area contributed by atoms with Gasteiger partial charge in [-0.05, 0) is 156 Å². The van der Waals surface area contributed by atoms with Gasteiger partial charge in [0.15, 0.2) is 0 Å². The highest BCUT2D eigenvalue weighted by atomic mass is 16.5. The first-order valence-corrected chi connectivity index (χ1v) is 21.4. The molecule has 310 valence electrons. The van der Waals surface area contributed by atoms with Crippen LogP contribution in [-0.2, 0) is 38.1 Å². The topological polar surface area (TPSA) is 105 Å². The fourth-order valence-electron chi connectivity index (χ4n) is 12.0. The molecule has 0 aromatic heterocycles. The SMILES string of the molecule is C1CC2C3CCC(C3)C2C1.C1CC2C3CCC(C3)C2C1.C=CC(=O)OC.C=CC(=O)OC1CC2CCC1(C)C2(C)C.C=CC(=O)OCC.C=CC(=O)OCC. The van der Waals surface area contributed by atoms with Crippen LogP contribution in [-0.4, -0.2) is 50.3 Å². The molecule has 11 unspecified atom stereocenters. The molecule has 55 heavy (non-hydrogen) atoms. The number of fused-ring (bicyclic) bond motifs is 12. The number of methoxy groups -OCH3 is 1. The maximum Gasteiger partial charge on any atom is 0.330 e. The zero-order chi connectivity index (χ0) is 40.8. The van der Waals surface area contributed by atoms with Gasteiger partial charge in [0.25, 0.3) is 0 Å². The van der Waals surface area contributed by atoms with Gasteiger partial charge >= 0.3 is 23.9 Å². The third-order valence-electron chi connectivity index (χ3n) is 15.1. The minimum absolute atomic E-state index is 0.0942. The Balaban J connectivity index is 0.000000183. The van der Waals surface area contributed by atoms with Crippen LogP contribution in [0.3, 0.4) is 0 Å². The van der Waals surface area contributed by atoms with Crippen LogP contribution in [0.4, 0.5) is 0 Å². The van der Waals surface area contributed by atoms with Crippen molar-refractivity contribution < 1.29 is 38.1 Å². The quantitative estimate of drug-likeness (QED) is 0.143. The van der Waals surface area contributed by atoms with Crippen molar-refractivity contribution in [1.29, 1.82) is 0 Å². The summed E-state index contributed by atoms with van der Waals surface area (Å²) in [7, 11) is 1.31. The fourth-order valence-corrected chi connectivity index (χ4v) is 12.0. The van der Waals surface area contributed by atoms with E-state index in [0.29, 0.717) is 24.5 Å². The van der Waals surface area contributed by atoms with Gasteiger partial charge in [0, 0.05) is 29.7 Å². The summed E-state index contributed by atoms with van der Waals surface area (Å²) in [6.45, 7) is 24.3. The fraction of sp³-hybridized carbons (Fsp3) is 0.745. The van der Waals surface area contributed by atoms with Crippen LogP contribution < -0.4 is 0 Å². The van der Waals surface area contributed by atoms with Gasteiger partial charge in [-0.1, -0.05) is 59.9 Å². The molecule has 0 spiro atoms. The van der Waals surface area contributed by atoms with E-state index in [0.717, 1.165) is 24.6 Å². The van der Waals surface area contributed by atoms with Crippen molar-refractivity contribution in [2.45, 2.75) is 137 Å². The molecule has 8 heteroatoms. The Morgan fingerprint density at radius 1 is 0.564 bits per heavy atom. The number of hydrogen-bond donors (Lipinski definition) is 0. The number of esters is 4. The van der Waals surface area contributed by atoms with E-state index in [1.54, 1.807) is 90.9 Å². The van der Waals surface area contributed by atoms with Crippen molar-refractivity contribution in [2.75, 3.05) is 20.3 Å². The van der Waals surface area contributed by atoms with E-state index in [4.69, 9.17) is 4.74 Å². The summed E-state index contributed by atoms with van der Waals surface area (Å²) in [6, 6.07) is 0. The molecule has 8 aliphatic carbocycles. The van der Waals surface area contributed by atoms with Crippen LogP contribution >= 0.6 is 0 Å². The van der Waals surface area contributed by atoms with Crippen LogP contribution in [0.2, 0.25) is 0 Å². The maximum atomic E-state index is 11.3. The highest BCUT2D eigenvalue weighted by Crippen LogP contribution is 2.66. The predicted octanol–water partition coefficient (Wildman–Crippen LogP) is 10.4. The van der Waals surface area contributed by atoms with Gasteiger partial charge in [-0.3, -0.25) is 0 Å². The Hall–Kier alpha value is -3.16. The number of ether oxygens (including phenoxy) is 4. The largest absolute Gasteiger partial charge is 0.466 e. The normalized spacial score (nSPS) is 34.9. The summed E-state index contributed by atoms with van der Waals surface area (Å²) in [6.07, 6.45) is 27.3. The first-order chi connectivity index (χ1) is 26.2. The molecule has 0 aromatic rings. The molecule has 0 heterocycles. The molecule has 0 amide bonds. The number of carbonyl (C=O) groups is 4. The summed E-state index contributed by atoms with van der Waals surface area (Å²) in [5, 5.41) is 0. The van der Waals surface area contributed by atoms with Crippen LogP contribution in [0.5, 0.6) is 0 Å². The Labute approximate surface area is 333 Å². The van der Waals surface area contributed by atoms with E-state index < -0.39 is 5.97 Å².